The van der Waals surface area contributed by atoms with E-state index in [0.717, 1.165) is 27.8 Å². The van der Waals surface area contributed by atoms with Gasteiger partial charge in [-0.2, -0.15) is 0 Å². The lowest BCUT2D eigenvalue weighted by Gasteiger charge is -2.08. The van der Waals surface area contributed by atoms with Gasteiger partial charge in [-0.25, -0.2) is 4.98 Å². The standard InChI is InChI=1S/C15H14BrN3/c16-11-6-7-13-14(9-11)19-15(18-13)12(17)8-10-4-2-1-3-5-10/h1-7,9,12H,8,17H2,(H,18,19). The molecule has 0 aliphatic rings. The SMILES string of the molecule is NC(Cc1ccccc1)c1nc2ccc(Br)cc2[nH]1. The summed E-state index contributed by atoms with van der Waals surface area (Å²) in [5.41, 5.74) is 9.40. The monoisotopic (exact) mass is 315 g/mol. The molecule has 2 aromatic carbocycles. The Morgan fingerprint density at radius 3 is 2.74 bits per heavy atom. The predicted octanol–water partition coefficient (Wildman–Crippen LogP) is 3.57. The third kappa shape index (κ3) is 2.69. The van der Waals surface area contributed by atoms with E-state index in [4.69, 9.17) is 5.73 Å². The second-order valence-corrected chi connectivity index (χ2v) is 5.50. The molecule has 0 radical (unpaired) electrons. The maximum Gasteiger partial charge on any atom is 0.124 e. The minimum Gasteiger partial charge on any atom is -0.341 e. The maximum atomic E-state index is 6.22. The van der Waals surface area contributed by atoms with E-state index in [1.54, 1.807) is 0 Å². The van der Waals surface area contributed by atoms with Gasteiger partial charge >= 0.3 is 0 Å². The molecule has 1 atom stereocenters. The molecule has 96 valence electrons. The molecule has 0 fully saturated rings. The van der Waals surface area contributed by atoms with Crippen LogP contribution in [0.3, 0.4) is 0 Å². The average molecular weight is 316 g/mol. The number of rotatable bonds is 3. The Morgan fingerprint density at radius 1 is 1.16 bits per heavy atom. The number of nitrogens with two attached hydrogens (primary N) is 1. The summed E-state index contributed by atoms with van der Waals surface area (Å²) in [4.78, 5) is 7.84. The largest absolute Gasteiger partial charge is 0.341 e. The lowest BCUT2D eigenvalue weighted by Crippen LogP contribution is -2.14. The number of benzene rings is 2. The van der Waals surface area contributed by atoms with Crippen molar-refractivity contribution in [3.8, 4) is 0 Å². The molecule has 0 amide bonds. The fourth-order valence-electron chi connectivity index (χ4n) is 2.14. The molecule has 0 aliphatic carbocycles. The van der Waals surface area contributed by atoms with Crippen LogP contribution < -0.4 is 5.73 Å². The zero-order valence-electron chi connectivity index (χ0n) is 10.3. The highest BCUT2D eigenvalue weighted by Crippen LogP contribution is 2.21. The van der Waals surface area contributed by atoms with Crippen molar-refractivity contribution in [1.29, 1.82) is 0 Å². The molecule has 4 heteroatoms. The number of aromatic nitrogens is 2. The van der Waals surface area contributed by atoms with Crippen molar-refractivity contribution in [3.05, 3.63) is 64.4 Å². The van der Waals surface area contributed by atoms with Crippen molar-refractivity contribution in [2.24, 2.45) is 5.73 Å². The molecule has 1 aromatic heterocycles. The Balaban J connectivity index is 1.87. The van der Waals surface area contributed by atoms with Crippen molar-refractivity contribution in [2.45, 2.75) is 12.5 Å². The van der Waals surface area contributed by atoms with Crippen LogP contribution in [0.1, 0.15) is 17.4 Å². The van der Waals surface area contributed by atoms with Gasteiger partial charge in [0.25, 0.3) is 0 Å². The first kappa shape index (κ1) is 12.4. The minimum atomic E-state index is -0.117. The topological polar surface area (TPSA) is 54.7 Å². The summed E-state index contributed by atoms with van der Waals surface area (Å²) in [6.45, 7) is 0. The third-order valence-electron chi connectivity index (χ3n) is 3.11. The van der Waals surface area contributed by atoms with E-state index in [9.17, 15) is 0 Å². The van der Waals surface area contributed by atoms with E-state index in [0.29, 0.717) is 0 Å². The highest BCUT2D eigenvalue weighted by atomic mass is 79.9. The van der Waals surface area contributed by atoms with E-state index in [1.807, 2.05) is 36.4 Å². The van der Waals surface area contributed by atoms with Gasteiger partial charge in [-0.05, 0) is 30.2 Å². The fourth-order valence-corrected chi connectivity index (χ4v) is 2.50. The first-order valence-electron chi connectivity index (χ1n) is 6.17. The summed E-state index contributed by atoms with van der Waals surface area (Å²) in [6, 6.07) is 16.1. The summed E-state index contributed by atoms with van der Waals surface area (Å²) < 4.78 is 1.03. The van der Waals surface area contributed by atoms with Gasteiger partial charge in [0, 0.05) is 4.47 Å². The molecule has 0 saturated carbocycles. The van der Waals surface area contributed by atoms with E-state index in [-0.39, 0.29) is 6.04 Å². The van der Waals surface area contributed by atoms with Crippen LogP contribution in [0.15, 0.2) is 53.0 Å². The number of aromatic amines is 1. The zero-order valence-corrected chi connectivity index (χ0v) is 11.9. The van der Waals surface area contributed by atoms with Crippen LogP contribution >= 0.6 is 15.9 Å². The van der Waals surface area contributed by atoms with Gasteiger partial charge in [0.05, 0.1) is 17.1 Å². The van der Waals surface area contributed by atoms with Gasteiger partial charge in [0.2, 0.25) is 0 Å². The maximum absolute atomic E-state index is 6.22. The van der Waals surface area contributed by atoms with Crippen molar-refractivity contribution in [2.75, 3.05) is 0 Å². The summed E-state index contributed by atoms with van der Waals surface area (Å²) in [7, 11) is 0. The van der Waals surface area contributed by atoms with Crippen LogP contribution in [0.25, 0.3) is 11.0 Å². The Kier molecular flexibility index (Phi) is 3.36. The number of halogens is 1. The van der Waals surface area contributed by atoms with E-state index >= 15 is 0 Å². The zero-order chi connectivity index (χ0) is 13.2. The quantitative estimate of drug-likeness (QED) is 0.776. The first-order valence-corrected chi connectivity index (χ1v) is 6.96. The van der Waals surface area contributed by atoms with Crippen molar-refractivity contribution in [3.63, 3.8) is 0 Å². The van der Waals surface area contributed by atoms with Crippen LogP contribution in [-0.4, -0.2) is 9.97 Å². The van der Waals surface area contributed by atoms with Crippen LogP contribution in [-0.2, 0) is 6.42 Å². The van der Waals surface area contributed by atoms with Crippen molar-refractivity contribution >= 4 is 27.0 Å². The summed E-state index contributed by atoms with van der Waals surface area (Å²) in [5.74, 6) is 0.831. The number of nitrogens with one attached hydrogen (secondary N) is 1. The Morgan fingerprint density at radius 2 is 1.95 bits per heavy atom. The molecular weight excluding hydrogens is 302 g/mol. The van der Waals surface area contributed by atoms with Gasteiger partial charge in [0.1, 0.15) is 5.82 Å². The third-order valence-corrected chi connectivity index (χ3v) is 3.61. The lowest BCUT2D eigenvalue weighted by atomic mass is 10.1. The second-order valence-electron chi connectivity index (χ2n) is 4.58. The predicted molar refractivity (Wildman–Crippen MR) is 80.9 cm³/mol. The molecule has 3 rings (SSSR count). The molecule has 3 aromatic rings. The minimum absolute atomic E-state index is 0.117. The van der Waals surface area contributed by atoms with Crippen LogP contribution in [0.2, 0.25) is 0 Å². The molecule has 0 spiro atoms. The van der Waals surface area contributed by atoms with Gasteiger partial charge in [-0.1, -0.05) is 46.3 Å². The molecule has 0 aliphatic heterocycles. The second kappa shape index (κ2) is 5.15. The Hall–Kier alpha value is -1.65. The molecular formula is C15H14BrN3. The van der Waals surface area contributed by atoms with Crippen molar-refractivity contribution in [1.82, 2.24) is 9.97 Å². The molecule has 0 saturated heterocycles. The fraction of sp³-hybridized carbons (Fsp3) is 0.133. The number of hydrogen-bond acceptors (Lipinski definition) is 2. The van der Waals surface area contributed by atoms with E-state index < -0.39 is 0 Å². The molecule has 3 nitrogen and oxygen atoms in total. The number of nitrogens with zero attached hydrogens (tertiary/aromatic N) is 1. The van der Waals surface area contributed by atoms with Crippen LogP contribution in [0.4, 0.5) is 0 Å². The molecule has 19 heavy (non-hydrogen) atoms. The smallest absolute Gasteiger partial charge is 0.124 e. The Bertz CT molecular complexity index is 691. The molecule has 1 unspecified atom stereocenters. The van der Waals surface area contributed by atoms with E-state index in [2.05, 4.69) is 38.0 Å². The summed E-state index contributed by atoms with van der Waals surface area (Å²) >= 11 is 3.45. The van der Waals surface area contributed by atoms with Crippen LogP contribution in [0, 0.1) is 0 Å². The molecule has 0 bridgehead atoms. The molecule has 3 N–H and O–H groups in total. The summed E-state index contributed by atoms with van der Waals surface area (Å²) in [5, 5.41) is 0. The number of H-pyrrole nitrogens is 1. The highest BCUT2D eigenvalue weighted by molar-refractivity contribution is 9.10. The van der Waals surface area contributed by atoms with Crippen LogP contribution in [0.5, 0.6) is 0 Å². The number of hydrogen-bond donors (Lipinski definition) is 2. The lowest BCUT2D eigenvalue weighted by molar-refractivity contribution is 0.680. The van der Waals surface area contributed by atoms with Gasteiger partial charge in [0.15, 0.2) is 0 Å². The van der Waals surface area contributed by atoms with Gasteiger partial charge < -0.3 is 10.7 Å². The van der Waals surface area contributed by atoms with Crippen molar-refractivity contribution < 1.29 is 0 Å². The Labute approximate surface area is 120 Å². The van der Waals surface area contributed by atoms with E-state index in [1.165, 1.54) is 5.56 Å². The number of fused-ring (bicyclic) bond motifs is 1. The molecule has 1 heterocycles. The average Bonchev–Trinajstić information content (AvgIpc) is 2.83. The van der Waals surface area contributed by atoms with Gasteiger partial charge in [-0.15, -0.1) is 0 Å². The number of imidazole rings is 1. The highest BCUT2D eigenvalue weighted by Gasteiger charge is 2.12. The first-order chi connectivity index (χ1) is 9.22. The van der Waals surface area contributed by atoms with Gasteiger partial charge in [-0.3, -0.25) is 0 Å². The normalized spacial score (nSPS) is 12.7. The summed E-state index contributed by atoms with van der Waals surface area (Å²) in [6.07, 6.45) is 0.780.